The molecule has 1 aliphatic rings. The first kappa shape index (κ1) is 16.7. The van der Waals surface area contributed by atoms with E-state index in [1.165, 1.54) is 24.5 Å². The average molecular weight is 343 g/mol. The van der Waals surface area contributed by atoms with E-state index in [2.05, 4.69) is 5.32 Å². The van der Waals surface area contributed by atoms with Crippen LogP contribution in [0.5, 0.6) is 0 Å². The Kier molecular flexibility index (Phi) is 5.10. The van der Waals surface area contributed by atoms with Crippen LogP contribution < -0.4 is 10.2 Å². The predicted octanol–water partition coefficient (Wildman–Crippen LogP) is 2.68. The van der Waals surface area contributed by atoms with Gasteiger partial charge in [0.2, 0.25) is 5.91 Å². The van der Waals surface area contributed by atoms with Gasteiger partial charge in [-0.25, -0.2) is 0 Å². The van der Waals surface area contributed by atoms with Crippen LogP contribution in [0.1, 0.15) is 5.76 Å². The Bertz CT molecular complexity index is 780. The van der Waals surface area contributed by atoms with Gasteiger partial charge in [0.05, 0.1) is 24.4 Å². The van der Waals surface area contributed by atoms with Crippen LogP contribution in [0.4, 0.5) is 17.1 Å². The number of ether oxygens (including phenoxy) is 1. The predicted molar refractivity (Wildman–Crippen MR) is 92.5 cm³/mol. The van der Waals surface area contributed by atoms with Gasteiger partial charge in [-0.1, -0.05) is 0 Å². The molecule has 2 aromatic rings. The maximum absolute atomic E-state index is 11.9. The van der Waals surface area contributed by atoms with Gasteiger partial charge in [0, 0.05) is 30.9 Å². The number of hydrogen-bond donors (Lipinski definition) is 1. The quantitative estimate of drug-likeness (QED) is 0.509. The van der Waals surface area contributed by atoms with Crippen molar-refractivity contribution in [3.63, 3.8) is 0 Å². The van der Waals surface area contributed by atoms with Crippen LogP contribution in [0.15, 0.2) is 47.1 Å². The fourth-order valence-electron chi connectivity index (χ4n) is 2.55. The van der Waals surface area contributed by atoms with Gasteiger partial charge in [-0.2, -0.15) is 0 Å². The van der Waals surface area contributed by atoms with Crippen molar-refractivity contribution < 1.29 is 18.9 Å². The van der Waals surface area contributed by atoms with Crippen molar-refractivity contribution in [3.05, 3.63) is 58.5 Å². The number of nitro benzene ring substituents is 1. The van der Waals surface area contributed by atoms with Crippen molar-refractivity contribution in [3.8, 4) is 0 Å². The summed E-state index contributed by atoms with van der Waals surface area (Å²) in [7, 11) is 0. The molecule has 1 N–H and O–H groups in total. The molecular weight excluding hydrogens is 326 g/mol. The molecule has 1 aliphatic heterocycles. The first-order chi connectivity index (χ1) is 12.1. The van der Waals surface area contributed by atoms with Gasteiger partial charge in [0.25, 0.3) is 5.69 Å². The minimum atomic E-state index is -0.445. The SMILES string of the molecule is O=C(/C=C/c1ccco1)Nc1ccc(N2CCOCC2)c([N+](=O)[O-])c1. The largest absolute Gasteiger partial charge is 0.465 e. The summed E-state index contributed by atoms with van der Waals surface area (Å²) in [4.78, 5) is 24.8. The van der Waals surface area contributed by atoms with E-state index in [1.54, 1.807) is 24.3 Å². The zero-order valence-corrected chi connectivity index (χ0v) is 13.4. The number of anilines is 2. The van der Waals surface area contributed by atoms with Gasteiger partial charge in [-0.3, -0.25) is 14.9 Å². The topological polar surface area (TPSA) is 97.9 Å². The number of amides is 1. The molecule has 1 aromatic heterocycles. The number of rotatable bonds is 5. The molecule has 0 radical (unpaired) electrons. The molecule has 8 nitrogen and oxygen atoms in total. The molecule has 1 saturated heterocycles. The summed E-state index contributed by atoms with van der Waals surface area (Å²) < 4.78 is 10.4. The second-order valence-corrected chi connectivity index (χ2v) is 5.40. The normalized spacial score (nSPS) is 14.6. The number of nitro groups is 1. The molecule has 1 amide bonds. The average Bonchev–Trinajstić information content (AvgIpc) is 3.14. The highest BCUT2D eigenvalue weighted by molar-refractivity contribution is 6.02. The van der Waals surface area contributed by atoms with Gasteiger partial charge in [0.15, 0.2) is 0 Å². The number of carbonyl (C=O) groups is 1. The molecule has 0 saturated carbocycles. The van der Waals surface area contributed by atoms with E-state index >= 15 is 0 Å². The summed E-state index contributed by atoms with van der Waals surface area (Å²) in [5, 5.41) is 14.0. The van der Waals surface area contributed by atoms with Gasteiger partial charge >= 0.3 is 0 Å². The van der Waals surface area contributed by atoms with Crippen LogP contribution >= 0.6 is 0 Å². The van der Waals surface area contributed by atoms with Crippen molar-refractivity contribution in [2.24, 2.45) is 0 Å². The number of morpholine rings is 1. The van der Waals surface area contributed by atoms with Gasteiger partial charge in [-0.15, -0.1) is 0 Å². The lowest BCUT2D eigenvalue weighted by atomic mass is 10.2. The Morgan fingerprint density at radius 3 is 2.76 bits per heavy atom. The summed E-state index contributed by atoms with van der Waals surface area (Å²) in [6.07, 6.45) is 4.33. The van der Waals surface area contributed by atoms with Crippen molar-refractivity contribution in [1.29, 1.82) is 0 Å². The molecule has 0 unspecified atom stereocenters. The van der Waals surface area contributed by atoms with Crippen LogP contribution in [-0.2, 0) is 9.53 Å². The summed E-state index contributed by atoms with van der Waals surface area (Å²) >= 11 is 0. The lowest BCUT2D eigenvalue weighted by molar-refractivity contribution is -0.384. The van der Waals surface area contributed by atoms with Crippen LogP contribution in [-0.4, -0.2) is 37.1 Å². The molecule has 25 heavy (non-hydrogen) atoms. The third-order valence-electron chi connectivity index (χ3n) is 3.73. The first-order valence-electron chi connectivity index (χ1n) is 7.77. The second-order valence-electron chi connectivity index (χ2n) is 5.40. The lowest BCUT2D eigenvalue weighted by Crippen LogP contribution is -2.36. The summed E-state index contributed by atoms with van der Waals surface area (Å²) in [6.45, 7) is 2.26. The molecule has 3 rings (SSSR count). The Hall–Kier alpha value is -3.13. The van der Waals surface area contributed by atoms with E-state index in [1.807, 2.05) is 4.90 Å². The molecule has 0 atom stereocenters. The van der Waals surface area contributed by atoms with Gasteiger partial charge < -0.3 is 19.4 Å². The molecule has 0 spiro atoms. The van der Waals surface area contributed by atoms with E-state index in [4.69, 9.17) is 9.15 Å². The first-order valence-corrected chi connectivity index (χ1v) is 7.77. The molecular formula is C17H17N3O5. The van der Waals surface area contributed by atoms with Gasteiger partial charge in [-0.05, 0) is 30.3 Å². The van der Waals surface area contributed by atoms with Crippen molar-refractivity contribution in [1.82, 2.24) is 0 Å². The Labute approximate surface area is 143 Å². The molecule has 0 aliphatic carbocycles. The third-order valence-corrected chi connectivity index (χ3v) is 3.73. The third kappa shape index (κ3) is 4.24. The molecule has 1 fully saturated rings. The Balaban J connectivity index is 1.74. The summed E-state index contributed by atoms with van der Waals surface area (Å²) in [6, 6.07) is 8.09. The van der Waals surface area contributed by atoms with E-state index in [0.29, 0.717) is 43.4 Å². The van der Waals surface area contributed by atoms with Crippen LogP contribution in [0.3, 0.4) is 0 Å². The fourth-order valence-corrected chi connectivity index (χ4v) is 2.55. The lowest BCUT2D eigenvalue weighted by Gasteiger charge is -2.28. The van der Waals surface area contributed by atoms with Crippen LogP contribution in [0.25, 0.3) is 6.08 Å². The van der Waals surface area contributed by atoms with Crippen LogP contribution in [0, 0.1) is 10.1 Å². The highest BCUT2D eigenvalue weighted by atomic mass is 16.6. The zero-order valence-electron chi connectivity index (χ0n) is 13.4. The molecule has 8 heteroatoms. The number of benzene rings is 1. The smallest absolute Gasteiger partial charge is 0.294 e. The maximum atomic E-state index is 11.9. The van der Waals surface area contributed by atoms with Crippen LogP contribution in [0.2, 0.25) is 0 Å². The van der Waals surface area contributed by atoms with E-state index in [0.717, 1.165) is 0 Å². The Morgan fingerprint density at radius 2 is 2.08 bits per heavy atom. The standard InChI is InChI=1S/C17H17N3O5/c21-17(6-4-14-2-1-9-25-14)18-13-3-5-15(16(12-13)20(22)23)19-7-10-24-11-8-19/h1-6,9,12H,7-8,10-11H2,(H,18,21)/b6-4+. The molecule has 0 bridgehead atoms. The minimum absolute atomic E-state index is 0.0466. The monoisotopic (exact) mass is 343 g/mol. The molecule has 1 aromatic carbocycles. The van der Waals surface area contributed by atoms with E-state index in [9.17, 15) is 14.9 Å². The molecule has 2 heterocycles. The summed E-state index contributed by atoms with van der Waals surface area (Å²) in [5.41, 5.74) is 0.838. The van der Waals surface area contributed by atoms with Crippen molar-refractivity contribution in [2.45, 2.75) is 0 Å². The maximum Gasteiger partial charge on any atom is 0.294 e. The summed E-state index contributed by atoms with van der Waals surface area (Å²) in [5.74, 6) is 0.147. The fraction of sp³-hybridized carbons (Fsp3) is 0.235. The molecule has 130 valence electrons. The van der Waals surface area contributed by atoms with E-state index < -0.39 is 10.8 Å². The second kappa shape index (κ2) is 7.63. The zero-order chi connectivity index (χ0) is 17.6. The highest BCUT2D eigenvalue weighted by Crippen LogP contribution is 2.31. The number of carbonyl (C=O) groups excluding carboxylic acids is 1. The minimum Gasteiger partial charge on any atom is -0.465 e. The number of hydrogen-bond acceptors (Lipinski definition) is 6. The van der Waals surface area contributed by atoms with Gasteiger partial charge in [0.1, 0.15) is 11.4 Å². The number of nitrogens with one attached hydrogen (secondary N) is 1. The van der Waals surface area contributed by atoms with Crippen molar-refractivity contribution >= 4 is 29.0 Å². The number of furan rings is 1. The Morgan fingerprint density at radius 1 is 1.28 bits per heavy atom. The van der Waals surface area contributed by atoms with Crippen molar-refractivity contribution in [2.75, 3.05) is 36.5 Å². The number of nitrogens with zero attached hydrogens (tertiary/aromatic N) is 2. The van der Waals surface area contributed by atoms with E-state index in [-0.39, 0.29) is 5.69 Å². The highest BCUT2D eigenvalue weighted by Gasteiger charge is 2.22.